The van der Waals surface area contributed by atoms with E-state index in [1.165, 1.54) is 13.0 Å². The molecule has 1 atom stereocenters. The van der Waals surface area contributed by atoms with E-state index in [9.17, 15) is 19.7 Å². The smallest absolute Gasteiger partial charge is 0.340 e. The molecule has 0 radical (unpaired) electrons. The molecule has 8 heteroatoms. The van der Waals surface area contributed by atoms with Gasteiger partial charge in [-0.25, -0.2) is 4.79 Å². The highest BCUT2D eigenvalue weighted by Gasteiger charge is 2.22. The fourth-order valence-corrected chi connectivity index (χ4v) is 2.50. The van der Waals surface area contributed by atoms with Gasteiger partial charge in [-0.2, -0.15) is 0 Å². The fraction of sp³-hybridized carbons (Fsp3) is 0.222. The molecule has 1 amide bonds. The standard InChI is InChI=1S/C18H17ClN2O5/c1-10-4-7-16(11(2)8-10)20-17(22)12(3)26-18(23)14-6-5-13(21(24)25)9-15(14)19/h4-9,12H,1-3H3,(H,20,22). The minimum Gasteiger partial charge on any atom is -0.449 e. The summed E-state index contributed by atoms with van der Waals surface area (Å²) in [6.45, 7) is 5.23. The van der Waals surface area contributed by atoms with Crippen LogP contribution in [0.5, 0.6) is 0 Å². The van der Waals surface area contributed by atoms with E-state index in [0.717, 1.165) is 23.3 Å². The topological polar surface area (TPSA) is 98.5 Å². The third-order valence-electron chi connectivity index (χ3n) is 3.68. The van der Waals surface area contributed by atoms with Crippen molar-refractivity contribution in [2.75, 3.05) is 5.32 Å². The van der Waals surface area contributed by atoms with E-state index in [1.807, 2.05) is 26.0 Å². The Morgan fingerprint density at radius 2 is 1.88 bits per heavy atom. The first-order valence-electron chi connectivity index (χ1n) is 7.72. The van der Waals surface area contributed by atoms with Crippen molar-refractivity contribution >= 4 is 34.9 Å². The number of nitro groups is 1. The lowest BCUT2D eigenvalue weighted by atomic mass is 10.1. The third-order valence-corrected chi connectivity index (χ3v) is 3.99. The van der Waals surface area contributed by atoms with Gasteiger partial charge in [0.15, 0.2) is 6.10 Å². The first-order valence-corrected chi connectivity index (χ1v) is 8.10. The SMILES string of the molecule is Cc1ccc(NC(=O)C(C)OC(=O)c2ccc([N+](=O)[O-])cc2Cl)c(C)c1. The molecule has 0 aromatic heterocycles. The zero-order valence-electron chi connectivity index (χ0n) is 14.4. The van der Waals surface area contributed by atoms with Crippen molar-refractivity contribution in [3.63, 3.8) is 0 Å². The molecule has 0 saturated carbocycles. The Morgan fingerprint density at radius 1 is 1.19 bits per heavy atom. The van der Waals surface area contributed by atoms with Crippen molar-refractivity contribution in [3.05, 3.63) is 68.2 Å². The van der Waals surface area contributed by atoms with Gasteiger partial charge >= 0.3 is 5.97 Å². The van der Waals surface area contributed by atoms with Gasteiger partial charge < -0.3 is 10.1 Å². The van der Waals surface area contributed by atoms with Crippen LogP contribution < -0.4 is 5.32 Å². The second kappa shape index (κ2) is 7.97. The highest BCUT2D eigenvalue weighted by molar-refractivity contribution is 6.33. The molecular formula is C18H17ClN2O5. The summed E-state index contributed by atoms with van der Waals surface area (Å²) in [5.41, 5.74) is 2.27. The van der Waals surface area contributed by atoms with Gasteiger partial charge in [0.2, 0.25) is 0 Å². The number of esters is 1. The molecular weight excluding hydrogens is 360 g/mol. The largest absolute Gasteiger partial charge is 0.449 e. The van der Waals surface area contributed by atoms with Crippen molar-refractivity contribution in [3.8, 4) is 0 Å². The van der Waals surface area contributed by atoms with Gasteiger partial charge in [-0.15, -0.1) is 0 Å². The lowest BCUT2D eigenvalue weighted by Crippen LogP contribution is -2.30. The number of carbonyl (C=O) groups is 2. The van der Waals surface area contributed by atoms with Crippen molar-refractivity contribution in [2.45, 2.75) is 26.9 Å². The van der Waals surface area contributed by atoms with Gasteiger partial charge in [0.05, 0.1) is 15.5 Å². The maximum Gasteiger partial charge on any atom is 0.340 e. The molecule has 0 spiro atoms. The molecule has 2 rings (SSSR count). The number of hydrogen-bond donors (Lipinski definition) is 1. The Balaban J connectivity index is 2.06. The van der Waals surface area contributed by atoms with Crippen LogP contribution in [0, 0.1) is 24.0 Å². The molecule has 0 aliphatic carbocycles. The van der Waals surface area contributed by atoms with Gasteiger partial charge in [-0.3, -0.25) is 14.9 Å². The maximum absolute atomic E-state index is 12.2. The van der Waals surface area contributed by atoms with Crippen LogP contribution in [0.15, 0.2) is 36.4 Å². The van der Waals surface area contributed by atoms with Crippen LogP contribution in [0.25, 0.3) is 0 Å². The van der Waals surface area contributed by atoms with E-state index in [4.69, 9.17) is 16.3 Å². The Kier molecular flexibility index (Phi) is 5.94. The maximum atomic E-state index is 12.2. The van der Waals surface area contributed by atoms with Crippen molar-refractivity contribution in [1.29, 1.82) is 0 Å². The quantitative estimate of drug-likeness (QED) is 0.482. The molecule has 0 fully saturated rings. The number of nitrogens with zero attached hydrogens (tertiary/aromatic N) is 1. The van der Waals surface area contributed by atoms with Crippen LogP contribution in [0.1, 0.15) is 28.4 Å². The van der Waals surface area contributed by atoms with Gasteiger partial charge in [-0.1, -0.05) is 29.3 Å². The second-order valence-electron chi connectivity index (χ2n) is 5.78. The Labute approximate surface area is 155 Å². The monoisotopic (exact) mass is 376 g/mol. The van der Waals surface area contributed by atoms with Crippen LogP contribution in [-0.2, 0) is 9.53 Å². The summed E-state index contributed by atoms with van der Waals surface area (Å²) in [6, 6.07) is 8.93. The molecule has 1 N–H and O–H groups in total. The zero-order chi connectivity index (χ0) is 19.4. The molecule has 0 aliphatic rings. The molecule has 1 unspecified atom stereocenters. The minimum absolute atomic E-state index is 0.0524. The van der Waals surface area contributed by atoms with Crippen molar-refractivity contribution in [2.24, 2.45) is 0 Å². The number of nitro benzene ring substituents is 1. The van der Waals surface area contributed by atoms with Gasteiger partial charge in [0, 0.05) is 17.8 Å². The molecule has 0 aliphatic heterocycles. The lowest BCUT2D eigenvalue weighted by Gasteiger charge is -2.15. The number of anilines is 1. The number of amides is 1. The van der Waals surface area contributed by atoms with Gasteiger partial charge in [0.25, 0.3) is 11.6 Å². The molecule has 2 aromatic rings. The Bertz CT molecular complexity index is 882. The Hall–Kier alpha value is -2.93. The highest BCUT2D eigenvalue weighted by atomic mass is 35.5. The molecule has 0 saturated heterocycles. The van der Waals surface area contributed by atoms with Crippen LogP contribution >= 0.6 is 11.6 Å². The molecule has 26 heavy (non-hydrogen) atoms. The van der Waals surface area contributed by atoms with E-state index < -0.39 is 22.9 Å². The summed E-state index contributed by atoms with van der Waals surface area (Å²) in [5.74, 6) is -1.34. The summed E-state index contributed by atoms with van der Waals surface area (Å²) < 4.78 is 5.11. The number of halogens is 1. The average molecular weight is 377 g/mol. The molecule has 0 heterocycles. The predicted molar refractivity (Wildman–Crippen MR) is 97.5 cm³/mol. The lowest BCUT2D eigenvalue weighted by molar-refractivity contribution is -0.384. The molecule has 7 nitrogen and oxygen atoms in total. The normalized spacial score (nSPS) is 11.5. The van der Waals surface area contributed by atoms with Gasteiger partial charge in [-0.05, 0) is 38.5 Å². The van der Waals surface area contributed by atoms with E-state index in [-0.39, 0.29) is 16.3 Å². The highest BCUT2D eigenvalue weighted by Crippen LogP contribution is 2.23. The number of benzene rings is 2. The number of carbonyl (C=O) groups excluding carboxylic acids is 2. The molecule has 136 valence electrons. The third kappa shape index (κ3) is 4.58. The summed E-state index contributed by atoms with van der Waals surface area (Å²) in [4.78, 5) is 34.5. The number of ether oxygens (including phenoxy) is 1. The van der Waals surface area contributed by atoms with Crippen LogP contribution in [0.4, 0.5) is 11.4 Å². The minimum atomic E-state index is -1.07. The summed E-state index contributed by atoms with van der Waals surface area (Å²) in [7, 11) is 0. The number of non-ortho nitro benzene ring substituents is 1. The summed E-state index contributed by atoms with van der Waals surface area (Å²) in [5, 5.41) is 13.3. The summed E-state index contributed by atoms with van der Waals surface area (Å²) >= 11 is 5.89. The predicted octanol–water partition coefficient (Wildman–Crippen LogP) is 4.05. The zero-order valence-corrected chi connectivity index (χ0v) is 15.2. The van der Waals surface area contributed by atoms with Crippen LogP contribution in [-0.4, -0.2) is 22.9 Å². The summed E-state index contributed by atoms with van der Waals surface area (Å²) in [6.07, 6.45) is -1.07. The van der Waals surface area contributed by atoms with Crippen LogP contribution in [0.2, 0.25) is 5.02 Å². The van der Waals surface area contributed by atoms with E-state index >= 15 is 0 Å². The fourth-order valence-electron chi connectivity index (χ4n) is 2.25. The van der Waals surface area contributed by atoms with E-state index in [0.29, 0.717) is 5.69 Å². The van der Waals surface area contributed by atoms with Crippen molar-refractivity contribution < 1.29 is 19.2 Å². The number of nitrogens with one attached hydrogen (secondary N) is 1. The number of aryl methyl sites for hydroxylation is 2. The molecule has 0 bridgehead atoms. The van der Waals surface area contributed by atoms with Crippen LogP contribution in [0.3, 0.4) is 0 Å². The average Bonchev–Trinajstić information content (AvgIpc) is 2.56. The number of hydrogen-bond acceptors (Lipinski definition) is 5. The second-order valence-corrected chi connectivity index (χ2v) is 6.18. The Morgan fingerprint density at radius 3 is 2.46 bits per heavy atom. The van der Waals surface area contributed by atoms with Crippen molar-refractivity contribution in [1.82, 2.24) is 0 Å². The molecule has 2 aromatic carbocycles. The number of rotatable bonds is 5. The van der Waals surface area contributed by atoms with Gasteiger partial charge in [0.1, 0.15) is 0 Å². The first kappa shape index (κ1) is 19.4. The first-order chi connectivity index (χ1) is 12.2. The van der Waals surface area contributed by atoms with E-state index in [1.54, 1.807) is 6.07 Å². The van der Waals surface area contributed by atoms with E-state index in [2.05, 4.69) is 5.32 Å².